The molecule has 1 aromatic rings. The van der Waals surface area contributed by atoms with E-state index in [9.17, 15) is 9.59 Å². The predicted octanol–water partition coefficient (Wildman–Crippen LogP) is 0.417. The van der Waals surface area contributed by atoms with Crippen LogP contribution in [0.2, 0.25) is 0 Å². The Kier molecular flexibility index (Phi) is 4.52. The highest BCUT2D eigenvalue weighted by Gasteiger charge is 2.21. The number of nitrogens with one attached hydrogen (secondary N) is 1. The van der Waals surface area contributed by atoms with E-state index in [-0.39, 0.29) is 25.0 Å². The Labute approximate surface area is 112 Å². The summed E-state index contributed by atoms with van der Waals surface area (Å²) in [7, 11) is 0. The minimum Gasteiger partial charge on any atom is -0.392 e. The van der Waals surface area contributed by atoms with E-state index < -0.39 is 0 Å². The first-order valence-electron chi connectivity index (χ1n) is 6.42. The maximum absolute atomic E-state index is 11.7. The van der Waals surface area contributed by atoms with Crippen LogP contribution < -0.4 is 5.32 Å². The SMILES string of the molecule is O=C(CN1CCCC1=O)NCc1cccc(CO)c1. The standard InChI is InChI=1S/C14H18N2O3/c17-10-12-4-1-3-11(7-12)8-15-13(18)9-16-6-2-5-14(16)19/h1,3-4,7,17H,2,5-6,8-10H2,(H,15,18). The number of likely N-dealkylation sites (tertiary alicyclic amines) is 1. The fourth-order valence-electron chi connectivity index (χ4n) is 2.14. The summed E-state index contributed by atoms with van der Waals surface area (Å²) in [6.07, 6.45) is 1.39. The van der Waals surface area contributed by atoms with E-state index in [1.165, 1.54) is 0 Å². The molecule has 2 rings (SSSR count). The highest BCUT2D eigenvalue weighted by molar-refractivity contribution is 5.85. The number of hydrogen-bond acceptors (Lipinski definition) is 3. The lowest BCUT2D eigenvalue weighted by Crippen LogP contribution is -2.37. The first-order chi connectivity index (χ1) is 9.19. The van der Waals surface area contributed by atoms with E-state index in [1.807, 2.05) is 24.3 Å². The number of amides is 2. The second kappa shape index (κ2) is 6.33. The Balaban J connectivity index is 1.81. The molecule has 1 aliphatic rings. The van der Waals surface area contributed by atoms with Crippen LogP contribution in [0, 0.1) is 0 Å². The molecule has 1 heterocycles. The van der Waals surface area contributed by atoms with Gasteiger partial charge < -0.3 is 15.3 Å². The zero-order chi connectivity index (χ0) is 13.7. The van der Waals surface area contributed by atoms with Crippen LogP contribution in [0.3, 0.4) is 0 Å². The average molecular weight is 262 g/mol. The van der Waals surface area contributed by atoms with Crippen molar-refractivity contribution >= 4 is 11.8 Å². The molecule has 1 fully saturated rings. The van der Waals surface area contributed by atoms with Crippen molar-refractivity contribution in [3.05, 3.63) is 35.4 Å². The fraction of sp³-hybridized carbons (Fsp3) is 0.429. The Morgan fingerprint density at radius 1 is 1.37 bits per heavy atom. The Morgan fingerprint density at radius 3 is 2.84 bits per heavy atom. The van der Waals surface area contributed by atoms with Gasteiger partial charge in [-0.05, 0) is 17.5 Å². The predicted molar refractivity (Wildman–Crippen MR) is 70.0 cm³/mol. The molecule has 5 heteroatoms. The molecule has 0 spiro atoms. The molecule has 1 aliphatic heterocycles. The van der Waals surface area contributed by atoms with Gasteiger partial charge in [0.1, 0.15) is 0 Å². The van der Waals surface area contributed by atoms with Crippen LogP contribution in [-0.4, -0.2) is 34.9 Å². The molecule has 0 saturated carbocycles. The summed E-state index contributed by atoms with van der Waals surface area (Å²) in [5, 5.41) is 11.8. The van der Waals surface area contributed by atoms with Gasteiger partial charge in [-0.2, -0.15) is 0 Å². The highest BCUT2D eigenvalue weighted by atomic mass is 16.3. The topological polar surface area (TPSA) is 69.6 Å². The van der Waals surface area contributed by atoms with Gasteiger partial charge in [-0.1, -0.05) is 24.3 Å². The third-order valence-corrected chi connectivity index (χ3v) is 3.17. The molecular formula is C14H18N2O3. The van der Waals surface area contributed by atoms with Gasteiger partial charge in [0.05, 0.1) is 13.2 Å². The van der Waals surface area contributed by atoms with Crippen molar-refractivity contribution in [3.63, 3.8) is 0 Å². The lowest BCUT2D eigenvalue weighted by molar-refractivity contribution is -0.133. The molecule has 0 atom stereocenters. The van der Waals surface area contributed by atoms with Gasteiger partial charge in [-0.3, -0.25) is 9.59 Å². The summed E-state index contributed by atoms with van der Waals surface area (Å²) in [6, 6.07) is 7.41. The Bertz CT molecular complexity index is 474. The van der Waals surface area contributed by atoms with Crippen molar-refractivity contribution in [2.45, 2.75) is 26.0 Å². The molecular weight excluding hydrogens is 244 g/mol. The van der Waals surface area contributed by atoms with Gasteiger partial charge in [0.15, 0.2) is 0 Å². The number of aliphatic hydroxyl groups is 1. The molecule has 2 amide bonds. The number of nitrogens with zero attached hydrogens (tertiary/aromatic N) is 1. The van der Waals surface area contributed by atoms with Gasteiger partial charge >= 0.3 is 0 Å². The monoisotopic (exact) mass is 262 g/mol. The van der Waals surface area contributed by atoms with Gasteiger partial charge in [0, 0.05) is 19.5 Å². The molecule has 1 aromatic carbocycles. The Hall–Kier alpha value is -1.88. The summed E-state index contributed by atoms with van der Waals surface area (Å²) in [5.74, 6) is -0.0953. The molecule has 2 N–H and O–H groups in total. The summed E-state index contributed by atoms with van der Waals surface area (Å²) in [5.41, 5.74) is 1.76. The summed E-state index contributed by atoms with van der Waals surface area (Å²) in [6.45, 7) is 1.21. The maximum atomic E-state index is 11.7. The quantitative estimate of drug-likeness (QED) is 0.808. The summed E-state index contributed by atoms with van der Waals surface area (Å²) >= 11 is 0. The van der Waals surface area contributed by atoms with Crippen LogP contribution in [0.4, 0.5) is 0 Å². The van der Waals surface area contributed by atoms with Crippen molar-refractivity contribution in [1.82, 2.24) is 10.2 Å². The van der Waals surface area contributed by atoms with Gasteiger partial charge in [-0.15, -0.1) is 0 Å². The molecule has 1 saturated heterocycles. The second-order valence-electron chi connectivity index (χ2n) is 4.67. The lowest BCUT2D eigenvalue weighted by atomic mass is 10.1. The number of rotatable bonds is 5. The average Bonchev–Trinajstić information content (AvgIpc) is 2.82. The van der Waals surface area contributed by atoms with E-state index in [0.29, 0.717) is 19.5 Å². The smallest absolute Gasteiger partial charge is 0.239 e. The van der Waals surface area contributed by atoms with Crippen LogP contribution in [0.5, 0.6) is 0 Å². The second-order valence-corrected chi connectivity index (χ2v) is 4.67. The van der Waals surface area contributed by atoms with Crippen LogP contribution in [0.25, 0.3) is 0 Å². The number of carbonyl (C=O) groups is 2. The minimum atomic E-state index is -0.148. The largest absolute Gasteiger partial charge is 0.392 e. The van der Waals surface area contributed by atoms with Crippen LogP contribution in [-0.2, 0) is 22.7 Å². The summed E-state index contributed by atoms with van der Waals surface area (Å²) < 4.78 is 0. The third kappa shape index (κ3) is 3.79. The molecule has 19 heavy (non-hydrogen) atoms. The lowest BCUT2D eigenvalue weighted by Gasteiger charge is -2.15. The highest BCUT2D eigenvalue weighted by Crippen LogP contribution is 2.09. The zero-order valence-corrected chi connectivity index (χ0v) is 10.8. The molecule has 0 aliphatic carbocycles. The van der Waals surface area contributed by atoms with Gasteiger partial charge in [0.25, 0.3) is 0 Å². The van der Waals surface area contributed by atoms with E-state index in [2.05, 4.69) is 5.32 Å². The number of hydrogen-bond donors (Lipinski definition) is 2. The normalized spacial score (nSPS) is 14.8. The van der Waals surface area contributed by atoms with Gasteiger partial charge in [0.2, 0.25) is 11.8 Å². The van der Waals surface area contributed by atoms with Crippen molar-refractivity contribution in [2.75, 3.05) is 13.1 Å². The molecule has 0 aromatic heterocycles. The van der Waals surface area contributed by atoms with Crippen molar-refractivity contribution in [2.24, 2.45) is 0 Å². The molecule has 0 radical (unpaired) electrons. The molecule has 102 valence electrons. The van der Waals surface area contributed by atoms with Gasteiger partial charge in [-0.25, -0.2) is 0 Å². The van der Waals surface area contributed by atoms with E-state index in [4.69, 9.17) is 5.11 Å². The number of aliphatic hydroxyl groups excluding tert-OH is 1. The van der Waals surface area contributed by atoms with E-state index >= 15 is 0 Å². The molecule has 0 unspecified atom stereocenters. The first kappa shape index (κ1) is 13.5. The van der Waals surface area contributed by atoms with Crippen LogP contribution in [0.15, 0.2) is 24.3 Å². The fourth-order valence-corrected chi connectivity index (χ4v) is 2.14. The maximum Gasteiger partial charge on any atom is 0.239 e. The number of carbonyl (C=O) groups excluding carboxylic acids is 2. The van der Waals surface area contributed by atoms with Crippen LogP contribution >= 0.6 is 0 Å². The van der Waals surface area contributed by atoms with E-state index in [1.54, 1.807) is 4.90 Å². The van der Waals surface area contributed by atoms with Crippen LogP contribution in [0.1, 0.15) is 24.0 Å². The van der Waals surface area contributed by atoms with Crippen molar-refractivity contribution in [1.29, 1.82) is 0 Å². The summed E-state index contributed by atoms with van der Waals surface area (Å²) in [4.78, 5) is 24.7. The van der Waals surface area contributed by atoms with Crippen molar-refractivity contribution in [3.8, 4) is 0 Å². The number of benzene rings is 1. The first-order valence-corrected chi connectivity index (χ1v) is 6.42. The molecule has 0 bridgehead atoms. The van der Waals surface area contributed by atoms with Crippen molar-refractivity contribution < 1.29 is 14.7 Å². The molecule has 5 nitrogen and oxygen atoms in total. The van der Waals surface area contributed by atoms with E-state index in [0.717, 1.165) is 17.5 Å². The zero-order valence-electron chi connectivity index (χ0n) is 10.8. The minimum absolute atomic E-state index is 0.00986. The Morgan fingerprint density at radius 2 is 2.16 bits per heavy atom. The third-order valence-electron chi connectivity index (χ3n) is 3.17.